The van der Waals surface area contributed by atoms with Crippen LogP contribution in [0.4, 0.5) is 17.1 Å². The number of carbonyl (C=O) groups excluding carboxylic acids is 2. The second-order valence-electron chi connectivity index (χ2n) is 9.93. The van der Waals surface area contributed by atoms with Crippen molar-refractivity contribution in [2.45, 2.75) is 18.9 Å². The minimum atomic E-state index is -0.912. The molecule has 3 aliphatic heterocycles. The highest BCUT2D eigenvalue weighted by Gasteiger charge is 2.47. The molecule has 3 heterocycles. The molecule has 0 aromatic heterocycles. The van der Waals surface area contributed by atoms with Crippen LogP contribution in [-0.2, 0) is 9.59 Å². The maximum atomic E-state index is 13.5. The van der Waals surface area contributed by atoms with E-state index in [1.54, 1.807) is 30.3 Å². The topological polar surface area (TPSA) is 93.5 Å². The van der Waals surface area contributed by atoms with Gasteiger partial charge in [-0.25, -0.2) is 0 Å². The van der Waals surface area contributed by atoms with E-state index in [0.29, 0.717) is 35.7 Å². The van der Waals surface area contributed by atoms with Gasteiger partial charge in [-0.15, -0.1) is 0 Å². The van der Waals surface area contributed by atoms with E-state index in [9.17, 15) is 19.8 Å². The molecule has 1 unspecified atom stereocenters. The number of Topliss-reactive ketones (excluding diaryl/α,β-unsaturated/α-hetero) is 1. The molecule has 0 spiro atoms. The summed E-state index contributed by atoms with van der Waals surface area (Å²) in [6, 6.07) is 18.3. The fourth-order valence-corrected chi connectivity index (χ4v) is 5.56. The van der Waals surface area contributed by atoms with E-state index in [-0.39, 0.29) is 17.1 Å². The number of fused-ring (bicyclic) bond motifs is 1. The minimum absolute atomic E-state index is 0.00465. The lowest BCUT2D eigenvalue weighted by atomic mass is 9.94. The first-order chi connectivity index (χ1) is 18.4. The van der Waals surface area contributed by atoms with Gasteiger partial charge in [-0.1, -0.05) is 12.1 Å². The first-order valence-corrected chi connectivity index (χ1v) is 12.9. The molecule has 2 fully saturated rings. The van der Waals surface area contributed by atoms with E-state index < -0.39 is 17.7 Å². The lowest BCUT2D eigenvalue weighted by molar-refractivity contribution is -0.132. The highest BCUT2D eigenvalue weighted by atomic mass is 16.5. The predicted octanol–water partition coefficient (Wildman–Crippen LogP) is 4.45. The third kappa shape index (κ3) is 4.02. The number of phenolic OH excluding ortho intramolecular Hbond substituents is 1. The molecule has 1 amide bonds. The Balaban J connectivity index is 1.47. The quantitative estimate of drug-likeness (QED) is 0.304. The second-order valence-corrected chi connectivity index (χ2v) is 9.93. The number of aliphatic hydroxyl groups is 1. The van der Waals surface area contributed by atoms with Crippen LogP contribution in [0.15, 0.2) is 72.3 Å². The molecule has 2 N–H and O–H groups in total. The predicted molar refractivity (Wildman–Crippen MR) is 146 cm³/mol. The zero-order valence-corrected chi connectivity index (χ0v) is 21.1. The van der Waals surface area contributed by atoms with Gasteiger partial charge in [0.05, 0.1) is 23.8 Å². The van der Waals surface area contributed by atoms with E-state index in [4.69, 9.17) is 4.74 Å². The third-order valence-electron chi connectivity index (χ3n) is 7.56. The molecule has 0 saturated carbocycles. The summed E-state index contributed by atoms with van der Waals surface area (Å²) in [6.07, 6.45) is 2.30. The number of hydrogen-bond donors (Lipinski definition) is 2. The standard InChI is InChI=1S/C30H29N3O5/c1-31-15-16-38-25-12-7-20(18-24(25)31)28(35)26-27(19-5-4-6-23(34)17-19)33(30(37)29(26)36)22-10-8-21(9-11-22)32-13-2-3-14-32/h4-12,17-18,27,34-35H,2-3,13-16H2,1H3/b28-26-. The lowest BCUT2D eigenvalue weighted by Crippen LogP contribution is -2.29. The largest absolute Gasteiger partial charge is 0.508 e. The highest BCUT2D eigenvalue weighted by Crippen LogP contribution is 2.44. The normalized spacial score (nSPS) is 20.6. The van der Waals surface area contributed by atoms with Gasteiger partial charge >= 0.3 is 0 Å². The number of amides is 1. The van der Waals surface area contributed by atoms with Gasteiger partial charge in [-0.2, -0.15) is 0 Å². The first-order valence-electron chi connectivity index (χ1n) is 12.9. The molecule has 1 atom stereocenters. The molecule has 0 radical (unpaired) electrons. The van der Waals surface area contributed by atoms with Crippen LogP contribution in [0.2, 0.25) is 0 Å². The number of rotatable bonds is 4. The van der Waals surface area contributed by atoms with Crippen molar-refractivity contribution in [3.05, 3.63) is 83.4 Å². The van der Waals surface area contributed by atoms with E-state index in [2.05, 4.69) is 4.90 Å². The van der Waals surface area contributed by atoms with Gasteiger partial charge in [0.2, 0.25) is 0 Å². The van der Waals surface area contributed by atoms with Crippen LogP contribution in [0.25, 0.3) is 5.76 Å². The number of ether oxygens (including phenoxy) is 1. The summed E-state index contributed by atoms with van der Waals surface area (Å²) in [4.78, 5) is 32.7. The molecule has 0 aliphatic carbocycles. The average molecular weight is 512 g/mol. The number of aromatic hydroxyl groups is 1. The number of carbonyl (C=O) groups is 2. The number of phenols is 1. The van der Waals surface area contributed by atoms with Gasteiger partial charge in [0.25, 0.3) is 11.7 Å². The molecule has 0 bridgehead atoms. The Morgan fingerprint density at radius 1 is 0.921 bits per heavy atom. The molecule has 8 heteroatoms. The summed E-state index contributed by atoms with van der Waals surface area (Å²) >= 11 is 0. The van der Waals surface area contributed by atoms with Gasteiger partial charge in [0.15, 0.2) is 0 Å². The van der Waals surface area contributed by atoms with Crippen molar-refractivity contribution in [1.29, 1.82) is 0 Å². The molecule has 38 heavy (non-hydrogen) atoms. The Morgan fingerprint density at radius 3 is 2.39 bits per heavy atom. The summed E-state index contributed by atoms with van der Waals surface area (Å²) in [5.41, 5.74) is 3.31. The van der Waals surface area contributed by atoms with Crippen LogP contribution in [0.1, 0.15) is 30.0 Å². The van der Waals surface area contributed by atoms with Crippen molar-refractivity contribution in [2.75, 3.05) is 48.0 Å². The summed E-state index contributed by atoms with van der Waals surface area (Å²) in [5.74, 6) is -1.08. The maximum Gasteiger partial charge on any atom is 0.300 e. The molecular formula is C30H29N3O5. The fourth-order valence-electron chi connectivity index (χ4n) is 5.56. The van der Waals surface area contributed by atoms with Crippen LogP contribution < -0.4 is 19.4 Å². The zero-order chi connectivity index (χ0) is 26.4. The van der Waals surface area contributed by atoms with Crippen LogP contribution >= 0.6 is 0 Å². The number of benzene rings is 3. The molecule has 6 rings (SSSR count). The number of ketones is 1. The lowest BCUT2D eigenvalue weighted by Gasteiger charge is -2.28. The smallest absolute Gasteiger partial charge is 0.300 e. The summed E-state index contributed by atoms with van der Waals surface area (Å²) < 4.78 is 5.72. The number of anilines is 3. The Hall–Kier alpha value is -4.46. The van der Waals surface area contributed by atoms with Gasteiger partial charge < -0.3 is 24.7 Å². The first kappa shape index (κ1) is 23.9. The van der Waals surface area contributed by atoms with Crippen LogP contribution in [0.5, 0.6) is 11.5 Å². The summed E-state index contributed by atoms with van der Waals surface area (Å²) in [5, 5.41) is 21.7. The average Bonchev–Trinajstić information content (AvgIpc) is 3.56. The fraction of sp³-hybridized carbons (Fsp3) is 0.267. The summed E-state index contributed by atoms with van der Waals surface area (Å²) in [7, 11) is 1.93. The number of hydrogen-bond acceptors (Lipinski definition) is 7. The van der Waals surface area contributed by atoms with Crippen molar-refractivity contribution in [2.24, 2.45) is 0 Å². The molecule has 3 aromatic rings. The van der Waals surface area contributed by atoms with E-state index in [1.807, 2.05) is 36.2 Å². The zero-order valence-electron chi connectivity index (χ0n) is 21.1. The minimum Gasteiger partial charge on any atom is -0.508 e. The van der Waals surface area contributed by atoms with Crippen molar-refractivity contribution in [3.8, 4) is 11.5 Å². The van der Waals surface area contributed by atoms with Crippen molar-refractivity contribution in [3.63, 3.8) is 0 Å². The molecular weight excluding hydrogens is 482 g/mol. The molecule has 3 aromatic carbocycles. The number of aliphatic hydroxyl groups excluding tert-OH is 1. The van der Waals surface area contributed by atoms with E-state index in [0.717, 1.165) is 37.3 Å². The van der Waals surface area contributed by atoms with Gasteiger partial charge in [-0.3, -0.25) is 14.5 Å². The Bertz CT molecular complexity index is 1440. The molecule has 2 saturated heterocycles. The van der Waals surface area contributed by atoms with E-state index in [1.165, 1.54) is 17.0 Å². The monoisotopic (exact) mass is 511 g/mol. The summed E-state index contributed by atoms with van der Waals surface area (Å²) in [6.45, 7) is 3.24. The van der Waals surface area contributed by atoms with Crippen molar-refractivity contribution < 1.29 is 24.5 Å². The molecule has 194 valence electrons. The second kappa shape index (κ2) is 9.45. The Morgan fingerprint density at radius 2 is 1.66 bits per heavy atom. The van der Waals surface area contributed by atoms with Crippen molar-refractivity contribution >= 4 is 34.5 Å². The van der Waals surface area contributed by atoms with Gasteiger partial charge in [0.1, 0.15) is 23.9 Å². The van der Waals surface area contributed by atoms with E-state index >= 15 is 0 Å². The highest BCUT2D eigenvalue weighted by molar-refractivity contribution is 6.51. The Kier molecular flexibility index (Phi) is 5.94. The van der Waals surface area contributed by atoms with Gasteiger partial charge in [-0.05, 0) is 73.0 Å². The van der Waals surface area contributed by atoms with Crippen LogP contribution in [-0.4, -0.2) is 55.2 Å². The van der Waals surface area contributed by atoms with Crippen LogP contribution in [0, 0.1) is 0 Å². The number of likely N-dealkylation sites (N-methyl/N-ethyl adjacent to an activating group) is 1. The number of nitrogens with zero attached hydrogens (tertiary/aromatic N) is 3. The third-order valence-corrected chi connectivity index (χ3v) is 7.56. The van der Waals surface area contributed by atoms with Crippen molar-refractivity contribution in [1.82, 2.24) is 0 Å². The van der Waals surface area contributed by atoms with Gasteiger partial charge in [0, 0.05) is 37.1 Å². The SMILES string of the molecule is CN1CCOc2ccc(/C(O)=C3/C(=O)C(=O)N(c4ccc(N5CCCC5)cc4)C3c3cccc(O)c3)cc21. The maximum absolute atomic E-state index is 13.5. The molecule has 3 aliphatic rings. The molecule has 8 nitrogen and oxygen atoms in total. The Labute approximate surface area is 221 Å². The van der Waals surface area contributed by atoms with Crippen LogP contribution in [0.3, 0.4) is 0 Å².